The van der Waals surface area contributed by atoms with Gasteiger partial charge in [-0.3, -0.25) is 9.59 Å². The fraction of sp³-hybridized carbons (Fsp3) is 0.227. The highest BCUT2D eigenvalue weighted by Crippen LogP contribution is 2.40. The van der Waals surface area contributed by atoms with E-state index in [1.807, 2.05) is 36.4 Å². The Morgan fingerprint density at radius 2 is 1.79 bits per heavy atom. The van der Waals surface area contributed by atoms with E-state index in [1.54, 1.807) is 16.8 Å². The highest BCUT2D eigenvalue weighted by molar-refractivity contribution is 6.09. The van der Waals surface area contributed by atoms with Crippen LogP contribution in [0.15, 0.2) is 48.5 Å². The highest BCUT2D eigenvalue weighted by atomic mass is 16.7. The summed E-state index contributed by atoms with van der Waals surface area (Å²) in [5, 5.41) is 7.53. The molecule has 29 heavy (non-hydrogen) atoms. The van der Waals surface area contributed by atoms with Crippen molar-refractivity contribution in [1.29, 1.82) is 0 Å². The number of para-hydroxylation sites is 1. The van der Waals surface area contributed by atoms with Gasteiger partial charge in [0.2, 0.25) is 6.79 Å². The van der Waals surface area contributed by atoms with Crippen LogP contribution in [0.25, 0.3) is 5.69 Å². The minimum Gasteiger partial charge on any atom is -0.454 e. The van der Waals surface area contributed by atoms with E-state index in [1.165, 1.54) is 6.92 Å². The molecule has 1 aromatic heterocycles. The topological polar surface area (TPSA) is 82.5 Å². The lowest BCUT2D eigenvalue weighted by molar-refractivity contribution is 0.101. The van der Waals surface area contributed by atoms with Crippen molar-refractivity contribution in [3.05, 3.63) is 65.5 Å². The number of ketones is 1. The van der Waals surface area contributed by atoms with Crippen LogP contribution in [0.1, 0.15) is 52.2 Å². The maximum atomic E-state index is 13.2. The number of anilines is 1. The Bertz CT molecular complexity index is 1120. The maximum Gasteiger partial charge on any atom is 0.274 e. The minimum absolute atomic E-state index is 0.0929. The molecule has 7 nitrogen and oxygen atoms in total. The van der Waals surface area contributed by atoms with E-state index >= 15 is 0 Å². The van der Waals surface area contributed by atoms with Crippen molar-refractivity contribution in [2.75, 3.05) is 12.1 Å². The maximum absolute atomic E-state index is 13.2. The zero-order chi connectivity index (χ0) is 20.0. The Hall–Kier alpha value is -3.61. The van der Waals surface area contributed by atoms with Gasteiger partial charge in [0.1, 0.15) is 5.69 Å². The molecular weight excluding hydrogens is 370 g/mol. The molecule has 1 aliphatic heterocycles. The molecule has 5 rings (SSSR count). The summed E-state index contributed by atoms with van der Waals surface area (Å²) in [4.78, 5) is 25.3. The van der Waals surface area contributed by atoms with Crippen molar-refractivity contribution < 1.29 is 19.1 Å². The molecule has 0 spiro atoms. The fourth-order valence-electron chi connectivity index (χ4n) is 3.43. The van der Waals surface area contributed by atoms with Gasteiger partial charge < -0.3 is 14.8 Å². The molecule has 0 saturated heterocycles. The molecule has 1 amide bonds. The number of nitrogens with zero attached hydrogens (tertiary/aromatic N) is 2. The van der Waals surface area contributed by atoms with Gasteiger partial charge in [0.05, 0.1) is 17.1 Å². The summed E-state index contributed by atoms with van der Waals surface area (Å²) in [5.74, 6) is 0.896. The average Bonchev–Trinajstić information content (AvgIpc) is 3.31. The van der Waals surface area contributed by atoms with Crippen LogP contribution < -0.4 is 14.8 Å². The van der Waals surface area contributed by atoms with Crippen molar-refractivity contribution >= 4 is 17.4 Å². The summed E-state index contributed by atoms with van der Waals surface area (Å²) < 4.78 is 12.4. The van der Waals surface area contributed by atoms with E-state index in [2.05, 4.69) is 10.4 Å². The number of fused-ring (bicyclic) bond motifs is 1. The van der Waals surface area contributed by atoms with Gasteiger partial charge >= 0.3 is 0 Å². The first-order valence-electron chi connectivity index (χ1n) is 9.51. The van der Waals surface area contributed by atoms with Gasteiger partial charge in [0, 0.05) is 17.5 Å². The number of ether oxygens (including phenoxy) is 2. The number of hydrogen-bond acceptors (Lipinski definition) is 5. The Morgan fingerprint density at radius 3 is 2.48 bits per heavy atom. The monoisotopic (exact) mass is 389 g/mol. The first-order chi connectivity index (χ1) is 14.1. The summed E-state index contributed by atoms with van der Waals surface area (Å²) in [6, 6.07) is 14.6. The van der Waals surface area contributed by atoms with E-state index in [9.17, 15) is 9.59 Å². The van der Waals surface area contributed by atoms with Gasteiger partial charge in [0.25, 0.3) is 5.91 Å². The minimum atomic E-state index is -0.338. The lowest BCUT2D eigenvalue weighted by Crippen LogP contribution is -2.18. The second-order valence-corrected chi connectivity index (χ2v) is 7.24. The largest absolute Gasteiger partial charge is 0.454 e. The van der Waals surface area contributed by atoms with Crippen LogP contribution in [0.2, 0.25) is 0 Å². The summed E-state index contributed by atoms with van der Waals surface area (Å²) in [6.07, 6.45) is 2.17. The van der Waals surface area contributed by atoms with Gasteiger partial charge in [0.15, 0.2) is 17.3 Å². The molecule has 2 aromatic carbocycles. The molecule has 2 heterocycles. The quantitative estimate of drug-likeness (QED) is 0.669. The van der Waals surface area contributed by atoms with Crippen molar-refractivity contribution in [2.45, 2.75) is 25.7 Å². The fourth-order valence-corrected chi connectivity index (χ4v) is 3.43. The molecule has 0 atom stereocenters. The van der Waals surface area contributed by atoms with Crippen LogP contribution in [0, 0.1) is 0 Å². The molecule has 1 saturated carbocycles. The number of amides is 1. The Kier molecular flexibility index (Phi) is 4.08. The van der Waals surface area contributed by atoms with Crippen LogP contribution >= 0.6 is 0 Å². The predicted molar refractivity (Wildman–Crippen MR) is 106 cm³/mol. The molecule has 0 bridgehead atoms. The van der Waals surface area contributed by atoms with E-state index in [0.717, 1.165) is 24.2 Å². The number of Topliss-reactive ketones (excluding diaryl/α,β-unsaturated/α-hetero) is 1. The third-order valence-corrected chi connectivity index (χ3v) is 5.10. The first kappa shape index (κ1) is 17.5. The third-order valence-electron chi connectivity index (χ3n) is 5.10. The van der Waals surface area contributed by atoms with Crippen LogP contribution in [-0.4, -0.2) is 28.3 Å². The molecule has 1 aliphatic carbocycles. The third kappa shape index (κ3) is 3.24. The molecule has 146 valence electrons. The van der Waals surface area contributed by atoms with Crippen molar-refractivity contribution in [2.24, 2.45) is 0 Å². The van der Waals surface area contributed by atoms with Crippen molar-refractivity contribution in [1.82, 2.24) is 9.78 Å². The summed E-state index contributed by atoms with van der Waals surface area (Å²) in [6.45, 7) is 1.54. The van der Waals surface area contributed by atoms with Crippen LogP contribution in [-0.2, 0) is 0 Å². The van der Waals surface area contributed by atoms with E-state index < -0.39 is 0 Å². The SMILES string of the molecule is CC(=O)c1cc2c(cc1NC(=O)c1cc(C3CC3)nn1-c1ccccc1)OCO2. The second kappa shape index (κ2) is 6.77. The normalized spacial score (nSPS) is 14.7. The lowest BCUT2D eigenvalue weighted by Gasteiger charge is -2.12. The van der Waals surface area contributed by atoms with Crippen LogP contribution in [0.3, 0.4) is 0 Å². The number of carbonyl (C=O) groups excluding carboxylic acids is 2. The molecule has 2 aliphatic rings. The first-order valence-corrected chi connectivity index (χ1v) is 9.51. The molecule has 1 N–H and O–H groups in total. The highest BCUT2D eigenvalue weighted by Gasteiger charge is 2.29. The zero-order valence-electron chi connectivity index (χ0n) is 15.8. The van der Waals surface area contributed by atoms with Gasteiger partial charge in [-0.1, -0.05) is 18.2 Å². The molecule has 1 fully saturated rings. The van der Waals surface area contributed by atoms with E-state index in [-0.39, 0.29) is 18.5 Å². The zero-order valence-corrected chi connectivity index (χ0v) is 15.8. The number of aromatic nitrogens is 2. The number of rotatable bonds is 5. The summed E-state index contributed by atoms with van der Waals surface area (Å²) in [5.41, 5.74) is 2.90. The molecule has 7 heteroatoms. The number of benzene rings is 2. The number of carbonyl (C=O) groups is 2. The Morgan fingerprint density at radius 1 is 1.07 bits per heavy atom. The Balaban J connectivity index is 1.53. The van der Waals surface area contributed by atoms with Crippen LogP contribution in [0.4, 0.5) is 5.69 Å². The summed E-state index contributed by atoms with van der Waals surface area (Å²) >= 11 is 0. The van der Waals surface area contributed by atoms with Gasteiger partial charge in [-0.2, -0.15) is 5.10 Å². The molecular formula is C22H19N3O4. The predicted octanol–water partition coefficient (Wildman–Crippen LogP) is 3.93. The Labute approximate surface area is 167 Å². The van der Waals surface area contributed by atoms with Gasteiger partial charge in [-0.05, 0) is 44.0 Å². The standard InChI is InChI=1S/C22H19N3O4/c1-13(26)16-9-20-21(29-12-28-20)11-18(16)23-22(27)19-10-17(14-7-8-14)24-25(19)15-5-3-2-4-6-15/h2-6,9-11,14H,7-8,12H2,1H3,(H,23,27). The van der Waals surface area contributed by atoms with Crippen molar-refractivity contribution in [3.63, 3.8) is 0 Å². The van der Waals surface area contributed by atoms with E-state index in [0.29, 0.717) is 34.4 Å². The molecule has 0 unspecified atom stereocenters. The number of nitrogens with one attached hydrogen (secondary N) is 1. The van der Waals surface area contributed by atoms with E-state index in [4.69, 9.17) is 9.47 Å². The average molecular weight is 389 g/mol. The molecule has 3 aromatic rings. The van der Waals surface area contributed by atoms with Crippen LogP contribution in [0.5, 0.6) is 11.5 Å². The smallest absolute Gasteiger partial charge is 0.274 e. The lowest BCUT2D eigenvalue weighted by atomic mass is 10.1. The number of hydrogen-bond donors (Lipinski definition) is 1. The summed E-state index contributed by atoms with van der Waals surface area (Å²) in [7, 11) is 0. The van der Waals surface area contributed by atoms with Gasteiger partial charge in [-0.25, -0.2) is 4.68 Å². The van der Waals surface area contributed by atoms with Gasteiger partial charge in [-0.15, -0.1) is 0 Å². The molecule has 0 radical (unpaired) electrons. The second-order valence-electron chi connectivity index (χ2n) is 7.24. The van der Waals surface area contributed by atoms with Crippen molar-refractivity contribution in [3.8, 4) is 17.2 Å².